The van der Waals surface area contributed by atoms with Crippen molar-refractivity contribution in [3.63, 3.8) is 0 Å². The molecule has 13 aromatic rings. The molecule has 4 aromatic heterocycles. The zero-order valence-corrected chi connectivity index (χ0v) is 34.0. The first-order chi connectivity index (χ1) is 31.3. The highest BCUT2D eigenvalue weighted by molar-refractivity contribution is 6.24. The van der Waals surface area contributed by atoms with Gasteiger partial charge in [0.05, 0.1) is 33.1 Å². The molecular formula is C57H36N6. The van der Waals surface area contributed by atoms with Crippen molar-refractivity contribution in [3.8, 4) is 51.2 Å². The van der Waals surface area contributed by atoms with Crippen molar-refractivity contribution in [2.75, 3.05) is 0 Å². The molecule has 0 bridgehead atoms. The number of hydrogen-bond acceptors (Lipinski definition) is 3. The molecule has 0 atom stereocenters. The fourth-order valence-corrected chi connectivity index (χ4v) is 9.70. The van der Waals surface area contributed by atoms with Gasteiger partial charge in [0.25, 0.3) is 0 Å². The molecule has 0 unspecified atom stereocenters. The van der Waals surface area contributed by atoms with Gasteiger partial charge in [-0.2, -0.15) is 9.97 Å². The maximum absolute atomic E-state index is 5.31. The minimum Gasteiger partial charge on any atom is -0.307 e. The van der Waals surface area contributed by atoms with Crippen LogP contribution in [0.1, 0.15) is 0 Å². The zero-order valence-electron chi connectivity index (χ0n) is 34.0. The van der Waals surface area contributed by atoms with Gasteiger partial charge in [-0.15, -0.1) is 0 Å². The molecule has 4 heterocycles. The van der Waals surface area contributed by atoms with E-state index in [1.165, 1.54) is 32.7 Å². The van der Waals surface area contributed by atoms with Crippen LogP contribution in [0.15, 0.2) is 218 Å². The van der Waals surface area contributed by atoms with Crippen molar-refractivity contribution in [1.29, 1.82) is 0 Å². The van der Waals surface area contributed by atoms with Gasteiger partial charge in [-0.25, -0.2) is 4.98 Å². The number of aromatic nitrogens is 6. The van der Waals surface area contributed by atoms with Crippen molar-refractivity contribution in [1.82, 2.24) is 28.7 Å². The SMILES string of the molecule is c1ccc(-c2ccc(-n3c4ccccc4c4ccc5c6ccccc6n(-c6cccc(-c7nc(-c8ccccc8)nc(-n8c9ccccc9c9ccccc98)n7)c6)c5c43)cc2)cc1. The Kier molecular flexibility index (Phi) is 7.80. The van der Waals surface area contributed by atoms with Crippen LogP contribution in [0.25, 0.3) is 117 Å². The molecule has 0 N–H and O–H groups in total. The molecule has 0 fully saturated rings. The van der Waals surface area contributed by atoms with Crippen molar-refractivity contribution in [2.24, 2.45) is 0 Å². The Morgan fingerprint density at radius 1 is 0.254 bits per heavy atom. The zero-order chi connectivity index (χ0) is 41.4. The van der Waals surface area contributed by atoms with E-state index in [-0.39, 0.29) is 0 Å². The van der Waals surface area contributed by atoms with Crippen LogP contribution in [0.3, 0.4) is 0 Å². The van der Waals surface area contributed by atoms with E-state index in [9.17, 15) is 0 Å². The Labute approximate surface area is 362 Å². The van der Waals surface area contributed by atoms with Gasteiger partial charge >= 0.3 is 0 Å². The number of fused-ring (bicyclic) bond motifs is 10. The third-order valence-corrected chi connectivity index (χ3v) is 12.5. The van der Waals surface area contributed by atoms with E-state index >= 15 is 0 Å². The van der Waals surface area contributed by atoms with E-state index in [1.807, 2.05) is 18.2 Å². The van der Waals surface area contributed by atoms with Crippen LogP contribution in [-0.4, -0.2) is 28.7 Å². The summed E-state index contributed by atoms with van der Waals surface area (Å²) in [7, 11) is 0. The molecule has 294 valence electrons. The summed E-state index contributed by atoms with van der Waals surface area (Å²) >= 11 is 0. The van der Waals surface area contributed by atoms with Gasteiger partial charge in [-0.05, 0) is 59.7 Å². The minimum atomic E-state index is 0.572. The summed E-state index contributed by atoms with van der Waals surface area (Å²) in [6.07, 6.45) is 0. The topological polar surface area (TPSA) is 53.5 Å². The number of benzene rings is 9. The molecule has 0 amide bonds. The van der Waals surface area contributed by atoms with Crippen molar-refractivity contribution in [3.05, 3.63) is 218 Å². The van der Waals surface area contributed by atoms with E-state index in [0.717, 1.165) is 66.4 Å². The molecule has 9 aromatic carbocycles. The third-order valence-electron chi connectivity index (χ3n) is 12.5. The van der Waals surface area contributed by atoms with Gasteiger partial charge in [0, 0.05) is 54.8 Å². The van der Waals surface area contributed by atoms with Crippen LogP contribution in [0, 0.1) is 0 Å². The molecule has 0 aliphatic rings. The summed E-state index contributed by atoms with van der Waals surface area (Å²) in [6, 6.07) is 77.4. The van der Waals surface area contributed by atoms with Crippen LogP contribution in [-0.2, 0) is 0 Å². The predicted molar refractivity (Wildman–Crippen MR) is 259 cm³/mol. The molecule has 0 saturated carbocycles. The number of para-hydroxylation sites is 4. The van der Waals surface area contributed by atoms with E-state index in [2.05, 4.69) is 214 Å². The van der Waals surface area contributed by atoms with Gasteiger partial charge < -0.3 is 9.13 Å². The number of nitrogens with zero attached hydrogens (tertiary/aromatic N) is 6. The lowest BCUT2D eigenvalue weighted by atomic mass is 10.1. The molecule has 0 saturated heterocycles. The molecule has 6 heteroatoms. The first kappa shape index (κ1) is 35.2. The molecule has 63 heavy (non-hydrogen) atoms. The fourth-order valence-electron chi connectivity index (χ4n) is 9.70. The lowest BCUT2D eigenvalue weighted by Crippen LogP contribution is -2.06. The quantitative estimate of drug-likeness (QED) is 0.168. The Morgan fingerprint density at radius 2 is 0.667 bits per heavy atom. The highest BCUT2D eigenvalue weighted by atomic mass is 15.2. The maximum atomic E-state index is 5.31. The van der Waals surface area contributed by atoms with Gasteiger partial charge in [0.2, 0.25) is 5.95 Å². The van der Waals surface area contributed by atoms with E-state index < -0.39 is 0 Å². The largest absolute Gasteiger partial charge is 0.307 e. The molecule has 6 nitrogen and oxygen atoms in total. The van der Waals surface area contributed by atoms with Crippen molar-refractivity contribution in [2.45, 2.75) is 0 Å². The molecule has 13 rings (SSSR count). The highest BCUT2D eigenvalue weighted by Gasteiger charge is 2.23. The van der Waals surface area contributed by atoms with Crippen LogP contribution >= 0.6 is 0 Å². The Bertz CT molecular complexity index is 3840. The number of hydrogen-bond donors (Lipinski definition) is 0. The summed E-state index contributed by atoms with van der Waals surface area (Å²) in [6.45, 7) is 0. The van der Waals surface area contributed by atoms with Gasteiger partial charge in [0.15, 0.2) is 11.6 Å². The van der Waals surface area contributed by atoms with Crippen LogP contribution in [0.4, 0.5) is 0 Å². The molecule has 0 aliphatic carbocycles. The summed E-state index contributed by atoms with van der Waals surface area (Å²) < 4.78 is 7.04. The van der Waals surface area contributed by atoms with Crippen LogP contribution in [0.2, 0.25) is 0 Å². The maximum Gasteiger partial charge on any atom is 0.238 e. The average Bonchev–Trinajstić information content (AvgIpc) is 4.01. The van der Waals surface area contributed by atoms with Crippen LogP contribution < -0.4 is 0 Å². The Hall–Kier alpha value is -8.61. The van der Waals surface area contributed by atoms with E-state index in [1.54, 1.807) is 0 Å². The lowest BCUT2D eigenvalue weighted by molar-refractivity contribution is 0.953. The number of rotatable bonds is 6. The normalized spacial score (nSPS) is 11.8. The summed E-state index contributed by atoms with van der Waals surface area (Å²) in [5.74, 6) is 1.79. The van der Waals surface area contributed by atoms with Gasteiger partial charge in [-0.1, -0.05) is 170 Å². The van der Waals surface area contributed by atoms with E-state index in [0.29, 0.717) is 17.6 Å². The minimum absolute atomic E-state index is 0.572. The highest BCUT2D eigenvalue weighted by Crippen LogP contribution is 2.42. The van der Waals surface area contributed by atoms with Gasteiger partial charge in [-0.3, -0.25) is 4.57 Å². The third kappa shape index (κ3) is 5.48. The second-order valence-corrected chi connectivity index (χ2v) is 16.0. The molecule has 0 spiro atoms. The second kappa shape index (κ2) is 14.0. The monoisotopic (exact) mass is 804 g/mol. The summed E-state index contributed by atoms with van der Waals surface area (Å²) in [5, 5.41) is 7.10. The molecule has 0 aliphatic heterocycles. The smallest absolute Gasteiger partial charge is 0.238 e. The standard InChI is InChI=1S/C57H36N6/c1-3-16-37(17-4-1)38-30-32-41(33-31-38)61-49-26-11-9-24-45(49)47-34-35-48-46-25-10-12-27-50(46)62(54(48)53(47)61)42-21-15-20-40(36-42)56-58-55(39-18-5-2-6-19-39)59-57(60-56)63-51-28-13-7-22-43(51)44-23-8-14-29-52(44)63/h1-36H. The Morgan fingerprint density at radius 3 is 1.22 bits per heavy atom. The Balaban J connectivity index is 1.06. The molecule has 0 radical (unpaired) electrons. The van der Waals surface area contributed by atoms with Gasteiger partial charge in [0.1, 0.15) is 0 Å². The summed E-state index contributed by atoms with van der Waals surface area (Å²) in [4.78, 5) is 15.7. The average molecular weight is 805 g/mol. The second-order valence-electron chi connectivity index (χ2n) is 16.0. The van der Waals surface area contributed by atoms with Crippen LogP contribution in [0.5, 0.6) is 0 Å². The lowest BCUT2D eigenvalue weighted by Gasteiger charge is -2.14. The predicted octanol–water partition coefficient (Wildman–Crippen LogP) is 14.2. The molecular weight excluding hydrogens is 769 g/mol. The van der Waals surface area contributed by atoms with E-state index in [4.69, 9.17) is 15.0 Å². The first-order valence-electron chi connectivity index (χ1n) is 21.3. The first-order valence-corrected chi connectivity index (χ1v) is 21.3. The van der Waals surface area contributed by atoms with Crippen molar-refractivity contribution < 1.29 is 0 Å². The summed E-state index contributed by atoms with van der Waals surface area (Å²) in [5.41, 5.74) is 13.0. The fraction of sp³-hybridized carbons (Fsp3) is 0. The van der Waals surface area contributed by atoms with Crippen molar-refractivity contribution >= 4 is 65.4 Å².